The highest BCUT2D eigenvalue weighted by Crippen LogP contribution is 2.43. The van der Waals surface area contributed by atoms with Gasteiger partial charge in [0.2, 0.25) is 0 Å². The highest BCUT2D eigenvalue weighted by atomic mass is 79.9. The number of aromatic nitrogens is 2. The Morgan fingerprint density at radius 1 is 1.24 bits per heavy atom. The van der Waals surface area contributed by atoms with E-state index < -0.39 is 46.5 Å². The SMILES string of the molecule is Cc1nn(Cc2cccc(-c3cc(=O)c4c(OC(=O)C(F)(F)F)cc(O)c([C@H]5CCN(C)C[C@H]5O)c4o3)c2)c(C)c1Br. The molecule has 0 amide bonds. The first-order valence-electron chi connectivity index (χ1n) is 13.0. The molecule has 0 unspecified atom stereocenters. The number of phenols is 1. The second-order valence-corrected chi connectivity index (χ2v) is 11.2. The summed E-state index contributed by atoms with van der Waals surface area (Å²) in [5, 5.41) is 25.9. The number of carbonyl (C=O) groups is 1. The number of fused-ring (bicyclic) bond motifs is 1. The molecule has 2 aromatic carbocycles. The third kappa shape index (κ3) is 5.68. The number of piperidine rings is 1. The Labute approximate surface area is 246 Å². The van der Waals surface area contributed by atoms with Gasteiger partial charge in [-0.25, -0.2) is 4.79 Å². The molecular weight excluding hydrogens is 623 g/mol. The van der Waals surface area contributed by atoms with E-state index in [0.29, 0.717) is 25.1 Å². The molecular formula is C29H27BrF3N3O6. The second kappa shape index (κ2) is 11.2. The van der Waals surface area contributed by atoms with E-state index in [1.54, 1.807) is 18.2 Å². The van der Waals surface area contributed by atoms with Crippen LogP contribution in [0.15, 0.2) is 50.1 Å². The van der Waals surface area contributed by atoms with Crippen LogP contribution in [-0.2, 0) is 11.3 Å². The van der Waals surface area contributed by atoms with Crippen LogP contribution in [0.4, 0.5) is 13.2 Å². The molecule has 13 heteroatoms. The number of carbonyl (C=O) groups excluding carboxylic acids is 1. The largest absolute Gasteiger partial charge is 0.507 e. The number of aliphatic hydroxyl groups is 1. The van der Waals surface area contributed by atoms with Gasteiger partial charge in [0.25, 0.3) is 0 Å². The molecule has 222 valence electrons. The number of likely N-dealkylation sites (tertiary alicyclic amines) is 1. The molecule has 1 aliphatic heterocycles. The third-order valence-corrected chi connectivity index (χ3v) is 8.56. The van der Waals surface area contributed by atoms with E-state index in [1.165, 1.54) is 0 Å². The summed E-state index contributed by atoms with van der Waals surface area (Å²) in [5.74, 6) is -4.54. The third-order valence-electron chi connectivity index (χ3n) is 7.41. The van der Waals surface area contributed by atoms with E-state index in [4.69, 9.17) is 4.42 Å². The maximum atomic E-state index is 13.5. The van der Waals surface area contributed by atoms with Crippen molar-refractivity contribution in [2.24, 2.45) is 0 Å². The number of aliphatic hydroxyl groups excluding tert-OH is 1. The summed E-state index contributed by atoms with van der Waals surface area (Å²) in [6.07, 6.45) is -5.95. The zero-order chi connectivity index (χ0) is 30.5. The van der Waals surface area contributed by atoms with Crippen molar-refractivity contribution in [1.82, 2.24) is 14.7 Å². The highest BCUT2D eigenvalue weighted by molar-refractivity contribution is 9.10. The molecule has 2 aromatic heterocycles. The molecule has 2 atom stereocenters. The van der Waals surface area contributed by atoms with E-state index in [2.05, 4.69) is 25.8 Å². The number of hydrogen-bond acceptors (Lipinski definition) is 8. The first-order chi connectivity index (χ1) is 19.7. The van der Waals surface area contributed by atoms with Crippen molar-refractivity contribution in [3.8, 4) is 22.8 Å². The van der Waals surface area contributed by atoms with Crippen molar-refractivity contribution in [2.45, 2.75) is 45.0 Å². The standard InChI is InChI=1S/C29H27BrF3N3O6/c1-14-26(30)15(2)36(34-14)12-16-5-4-6-17(9-16)22-10-20(38)25-23(42-28(40)29(31,32)33)11-19(37)24(27(25)41-22)18-7-8-35(3)13-21(18)39/h4-6,9-11,18,21,37,39H,7-8,12-13H2,1-3H3/t18-,21+/m0/s1. The van der Waals surface area contributed by atoms with Gasteiger partial charge in [-0.15, -0.1) is 0 Å². The van der Waals surface area contributed by atoms with Crippen molar-refractivity contribution in [2.75, 3.05) is 20.1 Å². The molecule has 0 aliphatic carbocycles. The number of esters is 1. The molecule has 42 heavy (non-hydrogen) atoms. The van der Waals surface area contributed by atoms with Gasteiger partial charge < -0.3 is 24.3 Å². The van der Waals surface area contributed by atoms with Crippen molar-refractivity contribution in [1.29, 1.82) is 0 Å². The molecule has 0 bridgehead atoms. The number of alkyl halides is 3. The number of phenolic OH excluding ortho intramolecular Hbond substituents is 1. The lowest BCUT2D eigenvalue weighted by Crippen LogP contribution is -2.40. The molecule has 0 radical (unpaired) electrons. The van der Waals surface area contributed by atoms with Crippen molar-refractivity contribution < 1.29 is 37.3 Å². The number of likely N-dealkylation sites (N-methyl/N-ethyl adjacent to an activating group) is 1. The molecule has 5 rings (SSSR count). The van der Waals surface area contributed by atoms with Gasteiger partial charge in [-0.05, 0) is 61.4 Å². The average Bonchev–Trinajstić information content (AvgIpc) is 3.15. The Balaban J connectivity index is 1.66. The van der Waals surface area contributed by atoms with E-state index in [1.807, 2.05) is 36.5 Å². The topological polar surface area (TPSA) is 118 Å². The lowest BCUT2D eigenvalue weighted by Gasteiger charge is -2.34. The van der Waals surface area contributed by atoms with E-state index in [0.717, 1.165) is 33.6 Å². The molecule has 0 saturated carbocycles. The van der Waals surface area contributed by atoms with Crippen LogP contribution in [0.3, 0.4) is 0 Å². The van der Waals surface area contributed by atoms with Crippen LogP contribution in [-0.4, -0.2) is 63.3 Å². The predicted octanol–water partition coefficient (Wildman–Crippen LogP) is 5.04. The van der Waals surface area contributed by atoms with E-state index in [9.17, 15) is 33.0 Å². The minimum atomic E-state index is -5.34. The zero-order valence-corrected chi connectivity index (χ0v) is 24.4. The Morgan fingerprint density at radius 2 is 1.98 bits per heavy atom. The fourth-order valence-corrected chi connectivity index (χ4v) is 5.58. The van der Waals surface area contributed by atoms with Crippen LogP contribution < -0.4 is 10.2 Å². The average molecular weight is 650 g/mol. The van der Waals surface area contributed by atoms with Gasteiger partial charge in [0.15, 0.2) is 5.43 Å². The molecule has 1 aliphatic rings. The maximum Gasteiger partial charge on any atom is 0.491 e. The number of benzene rings is 2. The van der Waals surface area contributed by atoms with Crippen LogP contribution >= 0.6 is 15.9 Å². The Bertz CT molecular complexity index is 1750. The summed E-state index contributed by atoms with van der Waals surface area (Å²) in [5.41, 5.74) is 2.08. The Kier molecular flexibility index (Phi) is 7.94. The molecule has 0 spiro atoms. The number of rotatable bonds is 5. The zero-order valence-electron chi connectivity index (χ0n) is 22.8. The normalized spacial score (nSPS) is 18.0. The van der Waals surface area contributed by atoms with E-state index >= 15 is 0 Å². The fourth-order valence-electron chi connectivity index (χ4n) is 5.30. The molecule has 9 nitrogen and oxygen atoms in total. The summed E-state index contributed by atoms with van der Waals surface area (Å²) in [6, 6.07) is 8.99. The summed E-state index contributed by atoms with van der Waals surface area (Å²) >= 11 is 3.51. The lowest BCUT2D eigenvalue weighted by molar-refractivity contribution is -0.189. The summed E-state index contributed by atoms with van der Waals surface area (Å²) in [7, 11) is 1.81. The number of aryl methyl sites for hydroxylation is 1. The fraction of sp³-hybridized carbons (Fsp3) is 0.345. The van der Waals surface area contributed by atoms with Gasteiger partial charge in [0, 0.05) is 35.7 Å². The number of aromatic hydroxyl groups is 1. The molecule has 1 fully saturated rings. The summed E-state index contributed by atoms with van der Waals surface area (Å²) < 4.78 is 52.5. The summed E-state index contributed by atoms with van der Waals surface area (Å²) in [4.78, 5) is 27.0. The predicted molar refractivity (Wildman–Crippen MR) is 151 cm³/mol. The molecule has 4 aromatic rings. The van der Waals surface area contributed by atoms with Crippen molar-refractivity contribution >= 4 is 32.9 Å². The number of ether oxygens (including phenoxy) is 1. The molecule has 3 heterocycles. The number of hydrogen-bond donors (Lipinski definition) is 2. The Morgan fingerprint density at radius 3 is 2.62 bits per heavy atom. The molecule has 2 N–H and O–H groups in total. The lowest BCUT2D eigenvalue weighted by atomic mass is 9.85. The highest BCUT2D eigenvalue weighted by Gasteiger charge is 2.42. The Hall–Kier alpha value is -3.68. The quantitative estimate of drug-likeness (QED) is 0.228. The van der Waals surface area contributed by atoms with Gasteiger partial charge in [-0.3, -0.25) is 9.48 Å². The summed E-state index contributed by atoms with van der Waals surface area (Å²) in [6.45, 7) is 5.01. The van der Waals surface area contributed by atoms with Crippen LogP contribution in [0, 0.1) is 13.8 Å². The van der Waals surface area contributed by atoms with Gasteiger partial charge >= 0.3 is 12.1 Å². The number of β-amino-alcohol motifs (C(OH)–C–C–N with tert-alkyl or cyclic N) is 1. The van der Waals surface area contributed by atoms with Gasteiger partial charge in [-0.1, -0.05) is 18.2 Å². The minimum Gasteiger partial charge on any atom is -0.507 e. The maximum absolute atomic E-state index is 13.5. The first kappa shape index (κ1) is 29.8. The second-order valence-electron chi connectivity index (χ2n) is 10.4. The number of nitrogens with zero attached hydrogens (tertiary/aromatic N) is 3. The van der Waals surface area contributed by atoms with Gasteiger partial charge in [-0.2, -0.15) is 18.3 Å². The van der Waals surface area contributed by atoms with Crippen LogP contribution in [0.2, 0.25) is 0 Å². The van der Waals surface area contributed by atoms with E-state index in [-0.39, 0.29) is 23.5 Å². The van der Waals surface area contributed by atoms with Crippen LogP contribution in [0.5, 0.6) is 11.5 Å². The molecule has 1 saturated heterocycles. The first-order valence-corrected chi connectivity index (χ1v) is 13.8. The van der Waals surface area contributed by atoms with Crippen molar-refractivity contribution in [3.63, 3.8) is 0 Å². The van der Waals surface area contributed by atoms with Crippen LogP contribution in [0.25, 0.3) is 22.3 Å². The van der Waals surface area contributed by atoms with Crippen molar-refractivity contribution in [3.05, 3.63) is 73.6 Å². The van der Waals surface area contributed by atoms with Crippen LogP contribution in [0.1, 0.15) is 34.9 Å². The monoisotopic (exact) mass is 649 g/mol. The van der Waals surface area contributed by atoms with Gasteiger partial charge in [0.05, 0.1) is 28.5 Å². The minimum absolute atomic E-state index is 0.0556. The van der Waals surface area contributed by atoms with Gasteiger partial charge in [0.1, 0.15) is 28.2 Å². The smallest absolute Gasteiger partial charge is 0.491 e. The number of halogens is 4.